The van der Waals surface area contributed by atoms with Gasteiger partial charge in [-0.1, -0.05) is 0 Å². The van der Waals surface area contributed by atoms with Gasteiger partial charge in [0, 0.05) is 19.8 Å². The van der Waals surface area contributed by atoms with E-state index in [9.17, 15) is 36.3 Å². The third kappa shape index (κ3) is 4.95. The summed E-state index contributed by atoms with van der Waals surface area (Å²) < 4.78 is 70.4. The molecule has 0 atom stereocenters. The second kappa shape index (κ2) is 8.09. The van der Waals surface area contributed by atoms with Gasteiger partial charge >= 0.3 is 18.0 Å². The fourth-order valence-corrected chi connectivity index (χ4v) is 2.92. The van der Waals surface area contributed by atoms with E-state index in [-0.39, 0.29) is 23.4 Å². The van der Waals surface area contributed by atoms with E-state index < -0.39 is 41.6 Å². The minimum absolute atomic E-state index is 0.0281. The lowest BCUT2D eigenvalue weighted by molar-refractivity contribution is -0.255. The molecule has 0 aliphatic heterocycles. The Morgan fingerprint density at radius 2 is 1.69 bits per heavy atom. The number of nitrogens with one attached hydrogen (secondary N) is 1. The molecule has 1 aromatic carbocycles. The highest BCUT2D eigenvalue weighted by Gasteiger charge is 2.45. The highest BCUT2D eigenvalue weighted by atomic mass is 19.4. The maximum atomic E-state index is 13.3. The van der Waals surface area contributed by atoms with E-state index in [4.69, 9.17) is 0 Å². The molecule has 14 heteroatoms. The second-order valence-corrected chi connectivity index (χ2v) is 6.85. The average Bonchev–Trinajstić information content (AvgIpc) is 3.07. The smallest absolute Gasteiger partial charge is 0.406 e. The van der Waals surface area contributed by atoms with Crippen LogP contribution in [0.2, 0.25) is 0 Å². The van der Waals surface area contributed by atoms with Gasteiger partial charge in [-0.15, -0.1) is 0 Å². The molecule has 1 amide bonds. The number of aryl methyl sites for hydroxylation is 1. The Morgan fingerprint density at radius 3 is 2.28 bits per heavy atom. The van der Waals surface area contributed by atoms with Gasteiger partial charge < -0.3 is 14.6 Å². The lowest BCUT2D eigenvalue weighted by Gasteiger charge is -2.19. The van der Waals surface area contributed by atoms with Crippen LogP contribution in [0, 0.1) is 0 Å². The lowest BCUT2D eigenvalue weighted by Crippen LogP contribution is -2.37. The van der Waals surface area contributed by atoms with E-state index >= 15 is 0 Å². The van der Waals surface area contributed by atoms with Crippen molar-refractivity contribution < 1.29 is 31.5 Å². The normalized spacial score (nSPS) is 12.2. The second-order valence-electron chi connectivity index (χ2n) is 6.85. The third-order valence-corrected chi connectivity index (χ3v) is 4.34. The molecule has 0 fully saturated rings. The molecule has 0 spiro atoms. The number of hydrogen-bond donors (Lipinski definition) is 1. The lowest BCUT2D eigenvalue weighted by atomic mass is 10.3. The topological polar surface area (TPSA) is 100 Å². The first-order valence-corrected chi connectivity index (χ1v) is 8.92. The predicted molar refractivity (Wildman–Crippen MR) is 102 cm³/mol. The summed E-state index contributed by atoms with van der Waals surface area (Å²) in [7, 11) is 2.70. The molecule has 3 aromatic rings. The number of carbonyl (C=O) groups excluding carboxylic acids is 1. The largest absolute Gasteiger partial charge is 0.432 e. The summed E-state index contributed by atoms with van der Waals surface area (Å²) in [5.41, 5.74) is -0.964. The van der Waals surface area contributed by atoms with Gasteiger partial charge in [0.2, 0.25) is 5.91 Å². The summed E-state index contributed by atoms with van der Waals surface area (Å²) in [5.74, 6) is -1.14. The van der Waals surface area contributed by atoms with Crippen LogP contribution in [0.25, 0.3) is 11.2 Å². The first-order chi connectivity index (χ1) is 14.8. The van der Waals surface area contributed by atoms with Gasteiger partial charge in [0.15, 0.2) is 11.2 Å². The summed E-state index contributed by atoms with van der Waals surface area (Å²) in [4.78, 5) is 40.6. The molecule has 0 saturated heterocycles. The molecule has 0 saturated carbocycles. The maximum absolute atomic E-state index is 13.3. The van der Waals surface area contributed by atoms with E-state index in [0.29, 0.717) is 0 Å². The van der Waals surface area contributed by atoms with Crippen LogP contribution in [0.4, 0.5) is 27.6 Å². The van der Waals surface area contributed by atoms with Crippen LogP contribution < -0.4 is 21.3 Å². The number of benzene rings is 1. The third-order valence-electron chi connectivity index (χ3n) is 4.34. The van der Waals surface area contributed by atoms with Crippen molar-refractivity contribution in [3.05, 3.63) is 51.4 Å². The fraction of sp³-hybridized carbons (Fsp3) is 0.333. The summed E-state index contributed by atoms with van der Waals surface area (Å²) in [6.07, 6.45) is -10.8. The van der Waals surface area contributed by atoms with Crippen LogP contribution in [-0.2, 0) is 25.4 Å². The Hall–Kier alpha value is -3.71. The minimum Gasteiger partial charge on any atom is -0.432 e. The van der Waals surface area contributed by atoms with Crippen LogP contribution in [0.5, 0.6) is 5.75 Å². The van der Waals surface area contributed by atoms with E-state index in [1.165, 1.54) is 25.0 Å². The van der Waals surface area contributed by atoms with Crippen molar-refractivity contribution in [3.63, 3.8) is 0 Å². The number of halogens is 5. The zero-order chi connectivity index (χ0) is 23.8. The first kappa shape index (κ1) is 23.0. The number of imidazole rings is 1. The maximum Gasteiger partial charge on any atom is 0.406 e. The number of ether oxygens (including phenoxy) is 1. The van der Waals surface area contributed by atoms with E-state index in [2.05, 4.69) is 15.0 Å². The quantitative estimate of drug-likeness (QED) is 0.566. The number of fused-ring (bicyclic) bond motifs is 1. The Kier molecular flexibility index (Phi) is 5.80. The molecule has 3 rings (SSSR count). The molecule has 1 N–H and O–H groups in total. The van der Waals surface area contributed by atoms with Crippen LogP contribution in [0.1, 0.15) is 6.42 Å². The summed E-state index contributed by atoms with van der Waals surface area (Å²) >= 11 is 0. The van der Waals surface area contributed by atoms with Gasteiger partial charge in [-0.2, -0.15) is 22.0 Å². The highest BCUT2D eigenvalue weighted by Crippen LogP contribution is 2.33. The van der Waals surface area contributed by atoms with E-state index in [0.717, 1.165) is 33.4 Å². The number of nitrogens with zero attached hydrogens (tertiary/aromatic N) is 4. The standard InChI is InChI=1S/C18H16F5N5O4/c1-26-14-13(15(30)27(2)16(26)31)28(9-24-14)7-12(29)25-10-3-5-11(6-4-10)32-18(22,23)8-17(19,20)21/h3-6,9H,7-8H2,1-2H3,(H,25,29). The molecule has 2 heterocycles. The zero-order valence-electron chi connectivity index (χ0n) is 16.6. The van der Waals surface area contributed by atoms with Crippen molar-refractivity contribution >= 4 is 22.8 Å². The van der Waals surface area contributed by atoms with Crippen LogP contribution >= 0.6 is 0 Å². The van der Waals surface area contributed by atoms with Crippen molar-refractivity contribution in [2.24, 2.45) is 14.1 Å². The molecular formula is C18H16F5N5O4. The molecule has 172 valence electrons. The fourth-order valence-electron chi connectivity index (χ4n) is 2.92. The SMILES string of the molecule is Cn1c(=O)c2c(ncn2CC(=O)Nc2ccc(OC(F)(F)CC(F)(F)F)cc2)n(C)c1=O. The van der Waals surface area contributed by atoms with Crippen molar-refractivity contribution in [3.8, 4) is 5.75 Å². The Morgan fingerprint density at radius 1 is 1.06 bits per heavy atom. The molecule has 0 unspecified atom stereocenters. The number of aromatic nitrogens is 4. The number of rotatable bonds is 6. The van der Waals surface area contributed by atoms with Crippen molar-refractivity contribution in [1.82, 2.24) is 18.7 Å². The van der Waals surface area contributed by atoms with Gasteiger partial charge in [0.1, 0.15) is 18.7 Å². The van der Waals surface area contributed by atoms with Gasteiger partial charge in [-0.3, -0.25) is 18.7 Å². The molecule has 0 aliphatic rings. The Bertz CT molecular complexity index is 1270. The van der Waals surface area contributed by atoms with Gasteiger partial charge in [-0.05, 0) is 24.3 Å². The summed E-state index contributed by atoms with van der Waals surface area (Å²) in [6, 6.07) is 4.26. The molecule has 32 heavy (non-hydrogen) atoms. The Balaban J connectivity index is 1.71. The molecule has 2 aromatic heterocycles. The monoisotopic (exact) mass is 461 g/mol. The zero-order valence-corrected chi connectivity index (χ0v) is 16.6. The average molecular weight is 461 g/mol. The van der Waals surface area contributed by atoms with E-state index in [1.54, 1.807) is 0 Å². The Labute approximate surface area is 175 Å². The molecule has 0 radical (unpaired) electrons. The summed E-state index contributed by atoms with van der Waals surface area (Å²) in [6.45, 7) is -0.355. The number of carbonyl (C=O) groups is 1. The minimum atomic E-state index is -5.11. The number of hydrogen-bond acceptors (Lipinski definition) is 5. The van der Waals surface area contributed by atoms with Crippen molar-refractivity contribution in [2.75, 3.05) is 5.32 Å². The number of amides is 1. The van der Waals surface area contributed by atoms with Crippen molar-refractivity contribution in [2.45, 2.75) is 25.3 Å². The van der Waals surface area contributed by atoms with Gasteiger partial charge in [-0.25, -0.2) is 9.78 Å². The van der Waals surface area contributed by atoms with Gasteiger partial charge in [0.05, 0.1) is 6.33 Å². The number of alkyl halides is 5. The van der Waals surface area contributed by atoms with Crippen LogP contribution in [0.3, 0.4) is 0 Å². The predicted octanol–water partition coefficient (Wildman–Crippen LogP) is 2.00. The van der Waals surface area contributed by atoms with Crippen LogP contribution in [0.15, 0.2) is 40.2 Å². The van der Waals surface area contributed by atoms with Crippen molar-refractivity contribution in [1.29, 1.82) is 0 Å². The molecule has 0 bridgehead atoms. The summed E-state index contributed by atoms with van der Waals surface area (Å²) in [5, 5.41) is 2.45. The molecular weight excluding hydrogens is 445 g/mol. The molecule has 9 nitrogen and oxygen atoms in total. The van der Waals surface area contributed by atoms with E-state index in [1.807, 2.05) is 0 Å². The van der Waals surface area contributed by atoms with Crippen LogP contribution in [-0.4, -0.2) is 36.9 Å². The number of anilines is 1. The molecule has 0 aliphatic carbocycles. The first-order valence-electron chi connectivity index (χ1n) is 8.92. The highest BCUT2D eigenvalue weighted by molar-refractivity contribution is 5.91. The van der Waals surface area contributed by atoms with Gasteiger partial charge in [0.25, 0.3) is 5.56 Å².